The lowest BCUT2D eigenvalue weighted by atomic mass is 10.2. The van der Waals surface area contributed by atoms with Crippen LogP contribution in [0.15, 0.2) is 72.8 Å². The molecule has 3 aromatic carbocycles. The monoisotopic (exact) mass is 517 g/mol. The van der Waals surface area contributed by atoms with Crippen molar-refractivity contribution >= 4 is 17.3 Å². The minimum Gasteiger partial charge on any atom is -0.497 e. The number of benzene rings is 3. The third kappa shape index (κ3) is 6.25. The molecule has 0 saturated carbocycles. The van der Waals surface area contributed by atoms with E-state index < -0.39 is 0 Å². The minimum atomic E-state index is -0.236. The predicted molar refractivity (Wildman–Crippen MR) is 143 cm³/mol. The van der Waals surface area contributed by atoms with Gasteiger partial charge in [0.05, 0.1) is 31.2 Å². The van der Waals surface area contributed by atoms with Crippen molar-refractivity contribution in [1.29, 1.82) is 0 Å². The molecule has 198 valence electrons. The summed E-state index contributed by atoms with van der Waals surface area (Å²) in [5.74, 6) is 1.55. The first kappa shape index (κ1) is 26.0. The van der Waals surface area contributed by atoms with E-state index >= 15 is 0 Å². The fourth-order valence-electron chi connectivity index (χ4n) is 4.74. The molecule has 38 heavy (non-hydrogen) atoms. The van der Waals surface area contributed by atoms with Crippen LogP contribution < -0.4 is 4.74 Å². The van der Waals surface area contributed by atoms with Gasteiger partial charge in [0, 0.05) is 32.7 Å². The number of aromatic nitrogens is 2. The largest absolute Gasteiger partial charge is 0.497 e. The smallest absolute Gasteiger partial charge is 0.147 e. The molecule has 5 rings (SSSR count). The summed E-state index contributed by atoms with van der Waals surface area (Å²) in [4.78, 5) is 24.1. The van der Waals surface area contributed by atoms with Crippen LogP contribution in [0.2, 0.25) is 0 Å². The highest BCUT2D eigenvalue weighted by Crippen LogP contribution is 2.21. The normalized spacial score (nSPS) is 14.8. The van der Waals surface area contributed by atoms with Gasteiger partial charge in [-0.05, 0) is 47.5 Å². The average Bonchev–Trinajstić information content (AvgIpc) is 3.29. The van der Waals surface area contributed by atoms with E-state index in [0.29, 0.717) is 19.6 Å². The van der Waals surface area contributed by atoms with Gasteiger partial charge in [-0.2, -0.15) is 0 Å². The van der Waals surface area contributed by atoms with Gasteiger partial charge in [0.25, 0.3) is 0 Å². The minimum absolute atomic E-state index is 0.00375. The lowest BCUT2D eigenvalue weighted by molar-refractivity contribution is -0.292. The van der Waals surface area contributed by atoms with Crippen LogP contribution in [0.1, 0.15) is 17.0 Å². The van der Waals surface area contributed by atoms with Crippen molar-refractivity contribution in [2.45, 2.75) is 19.6 Å². The molecule has 0 spiro atoms. The molecule has 0 amide bonds. The second kappa shape index (κ2) is 12.3. The molecule has 0 bridgehead atoms. The Morgan fingerprint density at radius 3 is 2.34 bits per heavy atom. The Bertz CT molecular complexity index is 1330. The van der Waals surface area contributed by atoms with Crippen molar-refractivity contribution in [2.75, 3.05) is 39.9 Å². The summed E-state index contributed by atoms with van der Waals surface area (Å²) in [5.41, 5.74) is 4.12. The van der Waals surface area contributed by atoms with Crippen molar-refractivity contribution in [3.63, 3.8) is 0 Å². The molecule has 0 aliphatic carbocycles. The van der Waals surface area contributed by atoms with Gasteiger partial charge in [-0.3, -0.25) is 9.74 Å². The molecule has 1 fully saturated rings. The summed E-state index contributed by atoms with van der Waals surface area (Å²) in [7, 11) is 1.64. The molecule has 0 unspecified atom stereocenters. The van der Waals surface area contributed by atoms with Crippen LogP contribution in [-0.4, -0.2) is 70.8 Å². The van der Waals surface area contributed by atoms with Crippen molar-refractivity contribution < 1.29 is 18.8 Å². The molecule has 1 aliphatic rings. The third-order valence-electron chi connectivity index (χ3n) is 6.79. The lowest BCUT2D eigenvalue weighted by Gasteiger charge is -2.39. The van der Waals surface area contributed by atoms with E-state index in [2.05, 4.69) is 20.5 Å². The van der Waals surface area contributed by atoms with E-state index in [-0.39, 0.29) is 12.4 Å². The van der Waals surface area contributed by atoms with Crippen LogP contribution in [0.4, 0.5) is 4.39 Å². The number of para-hydroxylation sites is 2. The molecule has 0 atom stereocenters. The molecular weight excluding hydrogens is 485 g/mol. The maximum absolute atomic E-state index is 13.5. The SMILES string of the molecule is COc1ccc(CN(OCC=O)N2CCN(Cc3nc4ccccc4n3Cc3ccc(F)cc3)CC2)cc1. The fourth-order valence-corrected chi connectivity index (χ4v) is 4.74. The second-order valence-electron chi connectivity index (χ2n) is 9.28. The molecule has 8 nitrogen and oxygen atoms in total. The summed E-state index contributed by atoms with van der Waals surface area (Å²) >= 11 is 0. The number of hydrazine groups is 1. The van der Waals surface area contributed by atoms with Crippen LogP contribution >= 0.6 is 0 Å². The number of nitrogens with zero attached hydrogens (tertiary/aromatic N) is 5. The molecule has 0 N–H and O–H groups in total. The molecule has 0 radical (unpaired) electrons. The van der Waals surface area contributed by atoms with Gasteiger partial charge < -0.3 is 14.1 Å². The summed E-state index contributed by atoms with van der Waals surface area (Å²) in [5, 5.41) is 3.93. The molecule has 4 aromatic rings. The Kier molecular flexibility index (Phi) is 8.40. The van der Waals surface area contributed by atoms with Gasteiger partial charge in [-0.25, -0.2) is 14.4 Å². The molecule has 1 aromatic heterocycles. The molecule has 2 heterocycles. The number of ether oxygens (including phenoxy) is 1. The van der Waals surface area contributed by atoms with Crippen LogP contribution in [0.25, 0.3) is 11.0 Å². The van der Waals surface area contributed by atoms with E-state index in [0.717, 1.165) is 66.2 Å². The second-order valence-corrected chi connectivity index (χ2v) is 9.28. The summed E-state index contributed by atoms with van der Waals surface area (Å²) in [6.07, 6.45) is 0.767. The Hall–Kier alpha value is -3.63. The fraction of sp³-hybridized carbons (Fsp3) is 0.310. The summed E-state index contributed by atoms with van der Waals surface area (Å²) in [6, 6.07) is 22.6. The quantitative estimate of drug-likeness (QED) is 0.221. The highest BCUT2D eigenvalue weighted by molar-refractivity contribution is 5.76. The van der Waals surface area contributed by atoms with E-state index in [4.69, 9.17) is 14.6 Å². The zero-order valence-electron chi connectivity index (χ0n) is 21.5. The number of carbonyl (C=O) groups excluding carboxylic acids is 1. The number of carbonyl (C=O) groups is 1. The highest BCUT2D eigenvalue weighted by atomic mass is 19.1. The predicted octanol–water partition coefficient (Wildman–Crippen LogP) is 3.90. The zero-order valence-corrected chi connectivity index (χ0v) is 21.5. The summed E-state index contributed by atoms with van der Waals surface area (Å²) in [6.45, 7) is 5.03. The third-order valence-corrected chi connectivity index (χ3v) is 6.79. The Balaban J connectivity index is 1.26. The number of fused-ring (bicyclic) bond motifs is 1. The van der Waals surface area contributed by atoms with E-state index in [1.807, 2.05) is 54.6 Å². The average molecular weight is 518 g/mol. The van der Waals surface area contributed by atoms with Crippen molar-refractivity contribution in [1.82, 2.24) is 24.6 Å². The first-order valence-electron chi connectivity index (χ1n) is 12.8. The number of piperazine rings is 1. The van der Waals surface area contributed by atoms with Gasteiger partial charge in [0.1, 0.15) is 30.3 Å². The number of hydrogen-bond donors (Lipinski definition) is 0. The first-order valence-corrected chi connectivity index (χ1v) is 12.8. The number of methoxy groups -OCH3 is 1. The Morgan fingerprint density at radius 2 is 1.63 bits per heavy atom. The number of aldehydes is 1. The van der Waals surface area contributed by atoms with E-state index in [1.165, 1.54) is 12.1 Å². The standard InChI is InChI=1S/C29H32FN5O3/c1-37-26-12-8-24(9-13-26)21-35(38-19-18-36)33-16-14-32(15-17-33)22-29-31-27-4-2-3-5-28(27)34(29)20-23-6-10-25(30)11-7-23/h2-13,18H,14-17,19-22H2,1H3. The lowest BCUT2D eigenvalue weighted by Crippen LogP contribution is -2.53. The number of halogens is 1. The molecule has 9 heteroatoms. The summed E-state index contributed by atoms with van der Waals surface area (Å²) < 4.78 is 20.9. The topological polar surface area (TPSA) is 63.1 Å². The molecule has 1 aliphatic heterocycles. The van der Waals surface area contributed by atoms with Crippen LogP contribution in [-0.2, 0) is 29.3 Å². The van der Waals surface area contributed by atoms with E-state index in [1.54, 1.807) is 12.3 Å². The van der Waals surface area contributed by atoms with Gasteiger partial charge in [0.2, 0.25) is 0 Å². The first-order chi connectivity index (χ1) is 18.6. The van der Waals surface area contributed by atoms with Gasteiger partial charge >= 0.3 is 0 Å². The van der Waals surface area contributed by atoms with E-state index in [9.17, 15) is 9.18 Å². The van der Waals surface area contributed by atoms with Gasteiger partial charge in [0.15, 0.2) is 0 Å². The van der Waals surface area contributed by atoms with Crippen molar-refractivity contribution in [3.8, 4) is 5.75 Å². The van der Waals surface area contributed by atoms with Crippen LogP contribution in [0.5, 0.6) is 5.75 Å². The number of hydroxylamine groups is 1. The maximum atomic E-state index is 13.5. The van der Waals surface area contributed by atoms with Gasteiger partial charge in [-0.15, -0.1) is 5.17 Å². The molecule has 1 saturated heterocycles. The Morgan fingerprint density at radius 1 is 0.921 bits per heavy atom. The van der Waals surface area contributed by atoms with Crippen molar-refractivity contribution in [2.24, 2.45) is 0 Å². The highest BCUT2D eigenvalue weighted by Gasteiger charge is 2.25. The number of hydrogen-bond acceptors (Lipinski definition) is 7. The van der Waals surface area contributed by atoms with Gasteiger partial charge in [-0.1, -0.05) is 36.4 Å². The Labute approximate surface area is 221 Å². The number of imidazole rings is 1. The van der Waals surface area contributed by atoms with Crippen LogP contribution in [0, 0.1) is 5.82 Å². The maximum Gasteiger partial charge on any atom is 0.147 e. The number of rotatable bonds is 11. The van der Waals surface area contributed by atoms with Crippen LogP contribution in [0.3, 0.4) is 0 Å². The van der Waals surface area contributed by atoms with Crippen molar-refractivity contribution in [3.05, 3.63) is 95.6 Å². The zero-order chi connectivity index (χ0) is 26.3. The molecular formula is C29H32FN5O3.